The molecule has 1 aliphatic heterocycles. The topological polar surface area (TPSA) is 46.6 Å². The number of carbonyl (C=O) groups excluding carboxylic acids is 2. The van der Waals surface area contributed by atoms with E-state index in [-0.39, 0.29) is 17.8 Å². The lowest BCUT2D eigenvalue weighted by molar-refractivity contribution is 0.0182. The number of rotatable bonds is 2. The van der Waals surface area contributed by atoms with Crippen LogP contribution < -0.4 is 0 Å². The number of Topliss-reactive ketones (excluding diaryl/α,β-unsaturated/α-hetero) is 1. The van der Waals surface area contributed by atoms with Gasteiger partial charge in [-0.25, -0.2) is 4.79 Å². The third-order valence-corrected chi connectivity index (χ3v) is 4.58. The van der Waals surface area contributed by atoms with E-state index >= 15 is 0 Å². The van der Waals surface area contributed by atoms with Crippen molar-refractivity contribution in [3.05, 3.63) is 21.3 Å². The average Bonchev–Trinajstić information content (AvgIpc) is 2.83. The van der Waals surface area contributed by atoms with Gasteiger partial charge in [0, 0.05) is 19.0 Å². The van der Waals surface area contributed by atoms with Gasteiger partial charge in [-0.3, -0.25) is 4.79 Å². The molecule has 116 valence electrons. The second-order valence-electron chi connectivity index (χ2n) is 6.21. The normalized spacial score (nSPS) is 16.9. The van der Waals surface area contributed by atoms with E-state index < -0.39 is 5.60 Å². The van der Waals surface area contributed by atoms with Crippen LogP contribution in [0, 0.1) is 5.92 Å². The second kappa shape index (κ2) is 6.36. The van der Waals surface area contributed by atoms with Crippen molar-refractivity contribution in [2.75, 3.05) is 13.1 Å². The summed E-state index contributed by atoms with van der Waals surface area (Å²) in [5.74, 6) is 0.106. The van der Waals surface area contributed by atoms with Crippen LogP contribution in [0.4, 0.5) is 4.79 Å². The third kappa shape index (κ3) is 4.45. The molecule has 0 aromatic carbocycles. The molecule has 0 atom stereocenters. The van der Waals surface area contributed by atoms with Gasteiger partial charge in [-0.2, -0.15) is 0 Å². The zero-order valence-electron chi connectivity index (χ0n) is 12.5. The van der Waals surface area contributed by atoms with Crippen molar-refractivity contribution in [3.8, 4) is 0 Å². The van der Waals surface area contributed by atoms with Crippen molar-refractivity contribution in [2.24, 2.45) is 5.92 Å². The van der Waals surface area contributed by atoms with Crippen molar-refractivity contribution in [1.29, 1.82) is 0 Å². The van der Waals surface area contributed by atoms with Crippen LogP contribution in [0.15, 0.2) is 12.1 Å². The fraction of sp³-hybridized carbons (Fsp3) is 0.600. The van der Waals surface area contributed by atoms with E-state index in [0.717, 1.165) is 0 Å². The number of nitrogens with zero attached hydrogens (tertiary/aromatic N) is 1. The highest BCUT2D eigenvalue weighted by atomic mass is 35.5. The second-order valence-corrected chi connectivity index (χ2v) is 7.92. The van der Waals surface area contributed by atoms with Gasteiger partial charge in [0.2, 0.25) is 0 Å². The Labute approximate surface area is 134 Å². The van der Waals surface area contributed by atoms with Gasteiger partial charge in [0.25, 0.3) is 0 Å². The zero-order chi connectivity index (χ0) is 15.6. The molecule has 1 saturated heterocycles. The molecular formula is C15H20ClNO3S. The minimum Gasteiger partial charge on any atom is -0.444 e. The lowest BCUT2D eigenvalue weighted by Gasteiger charge is -2.32. The molecule has 0 N–H and O–H groups in total. The Morgan fingerprint density at radius 1 is 1.29 bits per heavy atom. The first kappa shape index (κ1) is 16.3. The average molecular weight is 330 g/mol. The van der Waals surface area contributed by atoms with Gasteiger partial charge in [0.1, 0.15) is 5.60 Å². The Bertz CT molecular complexity index is 527. The van der Waals surface area contributed by atoms with Crippen LogP contribution in [-0.4, -0.2) is 35.5 Å². The summed E-state index contributed by atoms with van der Waals surface area (Å²) in [4.78, 5) is 26.7. The van der Waals surface area contributed by atoms with Crippen molar-refractivity contribution in [1.82, 2.24) is 4.90 Å². The van der Waals surface area contributed by atoms with E-state index in [2.05, 4.69) is 0 Å². The van der Waals surface area contributed by atoms with Gasteiger partial charge >= 0.3 is 6.09 Å². The zero-order valence-corrected chi connectivity index (χ0v) is 14.1. The Kier molecular flexibility index (Phi) is 4.94. The molecule has 1 aliphatic rings. The van der Waals surface area contributed by atoms with Gasteiger partial charge in [0.15, 0.2) is 5.78 Å². The first-order chi connectivity index (χ1) is 9.76. The van der Waals surface area contributed by atoms with E-state index in [1.807, 2.05) is 20.8 Å². The number of likely N-dealkylation sites (tertiary alicyclic amines) is 1. The molecule has 4 nitrogen and oxygen atoms in total. The minimum atomic E-state index is -0.489. The summed E-state index contributed by atoms with van der Waals surface area (Å²) < 4.78 is 5.98. The molecule has 1 aromatic heterocycles. The Morgan fingerprint density at radius 2 is 1.90 bits per heavy atom. The van der Waals surface area contributed by atoms with Crippen LogP contribution in [-0.2, 0) is 4.74 Å². The highest BCUT2D eigenvalue weighted by Gasteiger charge is 2.30. The molecule has 21 heavy (non-hydrogen) atoms. The summed E-state index contributed by atoms with van der Waals surface area (Å²) in [5, 5.41) is 0. The molecular weight excluding hydrogens is 310 g/mol. The number of piperidine rings is 1. The number of carbonyl (C=O) groups is 2. The van der Waals surface area contributed by atoms with Gasteiger partial charge in [-0.15, -0.1) is 11.3 Å². The Hall–Kier alpha value is -1.07. The van der Waals surface area contributed by atoms with Crippen molar-refractivity contribution >= 4 is 34.8 Å². The summed E-state index contributed by atoms with van der Waals surface area (Å²) in [6.45, 7) is 6.67. The molecule has 6 heteroatoms. The van der Waals surface area contributed by atoms with E-state index in [9.17, 15) is 9.59 Å². The molecule has 0 radical (unpaired) electrons. The fourth-order valence-corrected chi connectivity index (χ4v) is 3.36. The van der Waals surface area contributed by atoms with Crippen LogP contribution in [0.5, 0.6) is 0 Å². The maximum Gasteiger partial charge on any atom is 0.410 e. The Morgan fingerprint density at radius 3 is 2.38 bits per heavy atom. The molecule has 0 bridgehead atoms. The molecule has 1 fully saturated rings. The number of amides is 1. The third-order valence-electron chi connectivity index (χ3n) is 3.33. The first-order valence-corrected chi connectivity index (χ1v) is 8.23. The Balaban J connectivity index is 1.88. The van der Waals surface area contributed by atoms with E-state index in [1.54, 1.807) is 17.0 Å². The molecule has 0 spiro atoms. The summed E-state index contributed by atoms with van der Waals surface area (Å²) in [5.41, 5.74) is -0.489. The SMILES string of the molecule is CC(C)(C)OC(=O)N1CCC(C(=O)c2ccc(Cl)s2)CC1. The molecule has 1 amide bonds. The molecule has 1 aromatic rings. The van der Waals surface area contributed by atoms with Crippen molar-refractivity contribution in [2.45, 2.75) is 39.2 Å². The van der Waals surface area contributed by atoms with Crippen LogP contribution >= 0.6 is 22.9 Å². The lowest BCUT2D eigenvalue weighted by Crippen LogP contribution is -2.42. The number of halogens is 1. The van der Waals surface area contributed by atoms with Crippen molar-refractivity contribution < 1.29 is 14.3 Å². The van der Waals surface area contributed by atoms with Crippen LogP contribution in [0.3, 0.4) is 0 Å². The highest BCUT2D eigenvalue weighted by Crippen LogP contribution is 2.28. The molecule has 0 unspecified atom stereocenters. The molecule has 0 aliphatic carbocycles. The molecule has 2 heterocycles. The quantitative estimate of drug-likeness (QED) is 0.763. The van der Waals surface area contributed by atoms with Gasteiger partial charge < -0.3 is 9.64 Å². The largest absolute Gasteiger partial charge is 0.444 e. The van der Waals surface area contributed by atoms with Crippen LogP contribution in [0.2, 0.25) is 4.34 Å². The van der Waals surface area contributed by atoms with Gasteiger partial charge in [-0.05, 0) is 45.7 Å². The number of hydrogen-bond donors (Lipinski definition) is 0. The fourth-order valence-electron chi connectivity index (χ4n) is 2.30. The van der Waals surface area contributed by atoms with Crippen molar-refractivity contribution in [3.63, 3.8) is 0 Å². The van der Waals surface area contributed by atoms with Gasteiger partial charge in [0.05, 0.1) is 9.21 Å². The van der Waals surface area contributed by atoms with E-state index in [1.165, 1.54) is 11.3 Å². The number of ketones is 1. The minimum absolute atomic E-state index is 0.0293. The summed E-state index contributed by atoms with van der Waals surface area (Å²) in [6, 6.07) is 3.52. The standard InChI is InChI=1S/C15H20ClNO3S/c1-15(2,3)20-14(19)17-8-6-10(7-9-17)13(18)11-4-5-12(16)21-11/h4-5,10H,6-9H2,1-3H3. The number of thiophene rings is 1. The number of ether oxygens (including phenoxy) is 1. The first-order valence-electron chi connectivity index (χ1n) is 7.04. The maximum absolute atomic E-state index is 12.3. The molecule has 0 saturated carbocycles. The van der Waals surface area contributed by atoms with Crippen LogP contribution in [0.25, 0.3) is 0 Å². The highest BCUT2D eigenvalue weighted by molar-refractivity contribution is 7.18. The summed E-state index contributed by atoms with van der Waals surface area (Å²) >= 11 is 7.18. The predicted molar refractivity (Wildman–Crippen MR) is 84.2 cm³/mol. The van der Waals surface area contributed by atoms with E-state index in [4.69, 9.17) is 16.3 Å². The monoisotopic (exact) mass is 329 g/mol. The number of hydrogen-bond acceptors (Lipinski definition) is 4. The van der Waals surface area contributed by atoms with Gasteiger partial charge in [-0.1, -0.05) is 11.6 Å². The lowest BCUT2D eigenvalue weighted by atomic mass is 9.92. The predicted octanol–water partition coefficient (Wildman–Crippen LogP) is 4.23. The van der Waals surface area contributed by atoms with E-state index in [0.29, 0.717) is 35.1 Å². The van der Waals surface area contributed by atoms with Crippen LogP contribution in [0.1, 0.15) is 43.3 Å². The summed E-state index contributed by atoms with van der Waals surface area (Å²) in [6.07, 6.45) is 1.05. The smallest absolute Gasteiger partial charge is 0.410 e. The maximum atomic E-state index is 12.3. The molecule has 2 rings (SSSR count). The summed E-state index contributed by atoms with van der Waals surface area (Å²) in [7, 11) is 0.